The second kappa shape index (κ2) is 8.02. The van der Waals surface area contributed by atoms with Crippen LogP contribution < -0.4 is 5.32 Å². The zero-order chi connectivity index (χ0) is 17.8. The Morgan fingerprint density at radius 2 is 2.04 bits per heavy atom. The highest BCUT2D eigenvalue weighted by atomic mass is 35.5. The van der Waals surface area contributed by atoms with Crippen molar-refractivity contribution in [1.29, 1.82) is 0 Å². The van der Waals surface area contributed by atoms with Gasteiger partial charge in [0, 0.05) is 18.8 Å². The summed E-state index contributed by atoms with van der Waals surface area (Å²) in [6.07, 6.45) is 5.78. The Labute approximate surface area is 157 Å². The summed E-state index contributed by atoms with van der Waals surface area (Å²) in [5.74, 6) is 0.244. The molecule has 1 aliphatic rings. The quantitative estimate of drug-likeness (QED) is 0.818. The Morgan fingerprint density at radius 1 is 1.28 bits per heavy atom. The van der Waals surface area contributed by atoms with E-state index in [0.717, 1.165) is 25.8 Å². The fraction of sp³-hybridized carbons (Fsp3) is 0.389. The summed E-state index contributed by atoms with van der Waals surface area (Å²) in [5, 5.41) is 3.94. The number of likely N-dealkylation sites (tertiary alicyclic amines) is 1. The maximum atomic E-state index is 12.9. The van der Waals surface area contributed by atoms with Gasteiger partial charge in [0.1, 0.15) is 5.69 Å². The molecule has 3 rings (SSSR count). The van der Waals surface area contributed by atoms with Crippen molar-refractivity contribution >= 4 is 40.7 Å². The van der Waals surface area contributed by atoms with Crippen LogP contribution in [0.25, 0.3) is 0 Å². The Morgan fingerprint density at radius 3 is 2.76 bits per heavy atom. The third-order valence-electron chi connectivity index (χ3n) is 4.43. The van der Waals surface area contributed by atoms with E-state index in [-0.39, 0.29) is 11.9 Å². The standard InChI is InChI=1S/C18H20Cl2N4O/c1-2-12-6-3-4-11-24(12)17(25)15-9-10-21-18(22-15)23-16-13(19)7-5-8-14(16)20/h5,7-10,12H,2-4,6,11H2,1H3,(H,21,22,23). The molecule has 0 bridgehead atoms. The number of benzene rings is 1. The van der Waals surface area contributed by atoms with Crippen LogP contribution in [0.15, 0.2) is 30.5 Å². The van der Waals surface area contributed by atoms with Crippen molar-refractivity contribution in [2.75, 3.05) is 11.9 Å². The smallest absolute Gasteiger partial charge is 0.272 e. The van der Waals surface area contributed by atoms with Crippen molar-refractivity contribution in [1.82, 2.24) is 14.9 Å². The molecule has 1 aromatic heterocycles. The van der Waals surface area contributed by atoms with Gasteiger partial charge in [-0.15, -0.1) is 0 Å². The average Bonchev–Trinajstić information content (AvgIpc) is 2.64. The molecule has 25 heavy (non-hydrogen) atoms. The third kappa shape index (κ3) is 4.05. The predicted molar refractivity (Wildman–Crippen MR) is 101 cm³/mol. The number of hydrogen-bond acceptors (Lipinski definition) is 4. The molecule has 5 nitrogen and oxygen atoms in total. The van der Waals surface area contributed by atoms with Crippen LogP contribution in [-0.4, -0.2) is 33.4 Å². The number of aromatic nitrogens is 2. The summed E-state index contributed by atoms with van der Waals surface area (Å²) in [4.78, 5) is 23.3. The first-order valence-electron chi connectivity index (χ1n) is 8.45. The molecule has 1 unspecified atom stereocenters. The number of halogens is 2. The van der Waals surface area contributed by atoms with Crippen molar-refractivity contribution in [3.05, 3.63) is 46.2 Å². The minimum absolute atomic E-state index is 0.0535. The molecule has 1 saturated heterocycles. The van der Waals surface area contributed by atoms with Gasteiger partial charge in [-0.05, 0) is 43.9 Å². The lowest BCUT2D eigenvalue weighted by atomic mass is 9.99. The van der Waals surface area contributed by atoms with Gasteiger partial charge in [0.05, 0.1) is 15.7 Å². The monoisotopic (exact) mass is 378 g/mol. The Kier molecular flexibility index (Phi) is 5.76. The molecular weight excluding hydrogens is 359 g/mol. The van der Waals surface area contributed by atoms with E-state index in [2.05, 4.69) is 22.2 Å². The van der Waals surface area contributed by atoms with Gasteiger partial charge in [-0.3, -0.25) is 4.79 Å². The third-order valence-corrected chi connectivity index (χ3v) is 5.06. The maximum absolute atomic E-state index is 12.9. The normalized spacial score (nSPS) is 17.4. The average molecular weight is 379 g/mol. The molecule has 0 saturated carbocycles. The highest BCUT2D eigenvalue weighted by Crippen LogP contribution is 2.31. The molecule has 0 radical (unpaired) electrons. The number of rotatable bonds is 4. The van der Waals surface area contributed by atoms with Gasteiger partial charge in [-0.1, -0.05) is 36.2 Å². The zero-order valence-corrected chi connectivity index (χ0v) is 15.5. The molecule has 0 spiro atoms. The van der Waals surface area contributed by atoms with Crippen molar-refractivity contribution < 1.29 is 4.79 Å². The highest BCUT2D eigenvalue weighted by molar-refractivity contribution is 6.39. The van der Waals surface area contributed by atoms with E-state index in [1.165, 1.54) is 6.42 Å². The van der Waals surface area contributed by atoms with Crippen molar-refractivity contribution in [3.63, 3.8) is 0 Å². The van der Waals surface area contributed by atoms with Crippen LogP contribution in [0.3, 0.4) is 0 Å². The molecule has 0 aliphatic carbocycles. The number of amides is 1. The van der Waals surface area contributed by atoms with E-state index < -0.39 is 0 Å². The topological polar surface area (TPSA) is 58.1 Å². The number of hydrogen-bond donors (Lipinski definition) is 1. The first-order valence-corrected chi connectivity index (χ1v) is 9.20. The molecule has 1 amide bonds. The molecule has 2 heterocycles. The number of piperidine rings is 1. The zero-order valence-electron chi connectivity index (χ0n) is 14.0. The number of nitrogens with zero attached hydrogens (tertiary/aromatic N) is 3. The molecule has 1 aromatic carbocycles. The largest absolute Gasteiger partial charge is 0.334 e. The van der Waals surface area contributed by atoms with Gasteiger partial charge in [-0.25, -0.2) is 9.97 Å². The van der Waals surface area contributed by atoms with E-state index in [1.807, 2.05) is 4.90 Å². The van der Waals surface area contributed by atoms with E-state index in [9.17, 15) is 4.79 Å². The molecular formula is C18H20Cl2N4O. The lowest BCUT2D eigenvalue weighted by molar-refractivity contribution is 0.0602. The lowest BCUT2D eigenvalue weighted by Gasteiger charge is -2.35. The van der Waals surface area contributed by atoms with Crippen molar-refractivity contribution in [3.8, 4) is 0 Å². The first-order chi connectivity index (χ1) is 12.1. The second-order valence-corrected chi connectivity index (χ2v) is 6.86. The van der Waals surface area contributed by atoms with E-state index in [4.69, 9.17) is 23.2 Å². The summed E-state index contributed by atoms with van der Waals surface area (Å²) in [7, 11) is 0. The minimum Gasteiger partial charge on any atom is -0.334 e. The van der Waals surface area contributed by atoms with Gasteiger partial charge in [-0.2, -0.15) is 0 Å². The van der Waals surface area contributed by atoms with Crippen LogP contribution >= 0.6 is 23.2 Å². The lowest BCUT2D eigenvalue weighted by Crippen LogP contribution is -2.43. The van der Waals surface area contributed by atoms with Crippen molar-refractivity contribution in [2.24, 2.45) is 0 Å². The van der Waals surface area contributed by atoms with Crippen LogP contribution in [0, 0.1) is 0 Å². The summed E-state index contributed by atoms with van der Waals surface area (Å²) in [6.45, 7) is 2.89. The maximum Gasteiger partial charge on any atom is 0.272 e. The van der Waals surface area contributed by atoms with Gasteiger partial charge < -0.3 is 10.2 Å². The Hall–Kier alpha value is -1.85. The predicted octanol–water partition coefficient (Wildman–Crippen LogP) is 4.93. The summed E-state index contributed by atoms with van der Waals surface area (Å²) < 4.78 is 0. The number of carbonyl (C=O) groups is 1. The number of para-hydroxylation sites is 1. The molecule has 2 aromatic rings. The van der Waals surface area contributed by atoms with Gasteiger partial charge in [0.15, 0.2) is 0 Å². The number of anilines is 2. The summed E-state index contributed by atoms with van der Waals surface area (Å²) in [6, 6.07) is 7.14. The summed E-state index contributed by atoms with van der Waals surface area (Å²) >= 11 is 12.3. The van der Waals surface area contributed by atoms with Crippen LogP contribution in [0.2, 0.25) is 10.0 Å². The first kappa shape index (κ1) is 18.0. The van der Waals surface area contributed by atoms with Crippen LogP contribution in [0.5, 0.6) is 0 Å². The molecule has 7 heteroatoms. The van der Waals surface area contributed by atoms with E-state index >= 15 is 0 Å². The molecule has 1 atom stereocenters. The van der Waals surface area contributed by atoms with Crippen LogP contribution in [0.1, 0.15) is 43.1 Å². The SMILES string of the molecule is CCC1CCCCN1C(=O)c1ccnc(Nc2c(Cl)cccc2Cl)n1. The van der Waals surface area contributed by atoms with E-state index in [1.54, 1.807) is 30.5 Å². The van der Waals surface area contributed by atoms with Crippen LogP contribution in [0.4, 0.5) is 11.6 Å². The second-order valence-electron chi connectivity index (χ2n) is 6.04. The Bertz CT molecular complexity index is 748. The molecule has 1 aliphatic heterocycles. The number of carbonyl (C=O) groups excluding carboxylic acids is 1. The van der Waals surface area contributed by atoms with Crippen LogP contribution in [-0.2, 0) is 0 Å². The minimum atomic E-state index is -0.0535. The van der Waals surface area contributed by atoms with E-state index in [0.29, 0.717) is 27.4 Å². The highest BCUT2D eigenvalue weighted by Gasteiger charge is 2.27. The fourth-order valence-corrected chi connectivity index (χ4v) is 3.60. The van der Waals surface area contributed by atoms with Gasteiger partial charge in [0.25, 0.3) is 5.91 Å². The van der Waals surface area contributed by atoms with Gasteiger partial charge >= 0.3 is 0 Å². The fourth-order valence-electron chi connectivity index (χ4n) is 3.11. The summed E-state index contributed by atoms with van der Waals surface area (Å²) in [5.41, 5.74) is 0.904. The van der Waals surface area contributed by atoms with Gasteiger partial charge in [0.2, 0.25) is 5.95 Å². The molecule has 1 fully saturated rings. The number of nitrogens with one attached hydrogen (secondary N) is 1. The molecule has 132 valence electrons. The van der Waals surface area contributed by atoms with Crippen molar-refractivity contribution in [2.45, 2.75) is 38.6 Å². The molecule has 1 N–H and O–H groups in total. The Balaban J connectivity index is 1.82.